The van der Waals surface area contributed by atoms with E-state index in [0.717, 1.165) is 34.4 Å². The van der Waals surface area contributed by atoms with E-state index in [1.807, 2.05) is 51.3 Å². The Hall–Kier alpha value is -2.84. The van der Waals surface area contributed by atoms with Crippen LogP contribution in [0.4, 0.5) is 5.82 Å². The number of nitrogens with one attached hydrogen (secondary N) is 1. The number of aliphatic imine (C=N–C) groups is 1. The minimum Gasteiger partial charge on any atom is -0.369 e. The second kappa shape index (κ2) is 10.2. The zero-order chi connectivity index (χ0) is 23.3. The molecule has 8 heteroatoms. The number of nitrogens with zero attached hydrogens (tertiary/aromatic N) is 4. The summed E-state index contributed by atoms with van der Waals surface area (Å²) < 4.78 is 24.7. The highest BCUT2D eigenvalue weighted by Crippen LogP contribution is 2.27. The largest absolute Gasteiger partial charge is 0.369 e. The maximum absolute atomic E-state index is 11.6. The molecule has 0 aliphatic carbocycles. The number of hydrogen-bond donors (Lipinski definition) is 1. The Morgan fingerprint density at radius 1 is 1.38 bits per heavy atom. The lowest BCUT2D eigenvalue weighted by atomic mass is 10.0. The maximum Gasteiger partial charge on any atom is 0.211 e. The van der Waals surface area contributed by atoms with E-state index in [1.54, 1.807) is 6.20 Å². The highest BCUT2D eigenvalue weighted by molar-refractivity contribution is 7.88. The molecule has 0 spiro atoms. The van der Waals surface area contributed by atoms with Crippen LogP contribution in [0.25, 0.3) is 22.5 Å². The molecule has 1 aromatic carbocycles. The number of aromatic nitrogens is 2. The Balaban J connectivity index is 1.82. The molecule has 32 heavy (non-hydrogen) atoms. The fourth-order valence-corrected chi connectivity index (χ4v) is 4.44. The van der Waals surface area contributed by atoms with Gasteiger partial charge in [0.1, 0.15) is 5.82 Å². The molecule has 0 bridgehead atoms. The van der Waals surface area contributed by atoms with Gasteiger partial charge in [-0.05, 0) is 43.5 Å². The second-order valence-corrected chi connectivity index (χ2v) is 10.00. The minimum atomic E-state index is -3.11. The van der Waals surface area contributed by atoms with E-state index in [-0.39, 0.29) is 5.92 Å². The SMILES string of the molecule is C=C(C)c1cnc(-c2cccc(/C(C=NCC)=C/C)c2)nc1NCC1CN(S(C)(=O)=O)C1. The summed E-state index contributed by atoms with van der Waals surface area (Å²) in [6, 6.07) is 8.09. The Bertz CT molecular complexity index is 1150. The van der Waals surface area contributed by atoms with E-state index in [4.69, 9.17) is 4.98 Å². The molecule has 0 saturated carbocycles. The molecule has 0 unspecified atom stereocenters. The van der Waals surface area contributed by atoms with Gasteiger partial charge in [-0.3, -0.25) is 4.99 Å². The van der Waals surface area contributed by atoms with Crippen LogP contribution in [0.2, 0.25) is 0 Å². The maximum atomic E-state index is 11.6. The third-order valence-corrected chi connectivity index (χ3v) is 6.61. The summed E-state index contributed by atoms with van der Waals surface area (Å²) >= 11 is 0. The van der Waals surface area contributed by atoms with Crippen molar-refractivity contribution in [3.05, 3.63) is 54.2 Å². The van der Waals surface area contributed by atoms with Crippen LogP contribution in [0, 0.1) is 5.92 Å². The highest BCUT2D eigenvalue weighted by Gasteiger charge is 2.32. The monoisotopic (exact) mass is 453 g/mol. The van der Waals surface area contributed by atoms with Crippen LogP contribution in [0.15, 0.2) is 48.1 Å². The van der Waals surface area contributed by atoms with Crippen LogP contribution in [-0.2, 0) is 10.0 Å². The van der Waals surface area contributed by atoms with Gasteiger partial charge in [0.25, 0.3) is 0 Å². The first-order valence-electron chi connectivity index (χ1n) is 10.7. The average molecular weight is 454 g/mol. The summed E-state index contributed by atoms with van der Waals surface area (Å²) in [6.45, 7) is 12.4. The smallest absolute Gasteiger partial charge is 0.211 e. The molecular weight excluding hydrogens is 422 g/mol. The number of rotatable bonds is 9. The van der Waals surface area contributed by atoms with Gasteiger partial charge in [0.05, 0.1) is 6.26 Å². The van der Waals surface area contributed by atoms with Crippen LogP contribution in [0.1, 0.15) is 31.9 Å². The van der Waals surface area contributed by atoms with Gasteiger partial charge in [0.15, 0.2) is 5.82 Å². The van der Waals surface area contributed by atoms with E-state index in [2.05, 4.69) is 27.9 Å². The summed E-state index contributed by atoms with van der Waals surface area (Å²) in [5.74, 6) is 1.58. The predicted octanol–water partition coefficient (Wildman–Crippen LogP) is 3.97. The van der Waals surface area contributed by atoms with Crippen molar-refractivity contribution in [3.63, 3.8) is 0 Å². The lowest BCUT2D eigenvalue weighted by Gasteiger charge is -2.37. The van der Waals surface area contributed by atoms with E-state index in [1.165, 1.54) is 10.6 Å². The number of benzene rings is 1. The lowest BCUT2D eigenvalue weighted by Crippen LogP contribution is -2.51. The van der Waals surface area contributed by atoms with Gasteiger partial charge >= 0.3 is 0 Å². The Kier molecular flexibility index (Phi) is 7.58. The normalized spacial score (nSPS) is 15.7. The van der Waals surface area contributed by atoms with Crippen molar-refractivity contribution in [1.29, 1.82) is 0 Å². The number of hydrogen-bond acceptors (Lipinski definition) is 6. The van der Waals surface area contributed by atoms with Gasteiger partial charge in [0, 0.05) is 55.6 Å². The standard InChI is InChI=1S/C24H31N5O2S/c1-6-19(13-25-7-2)20-9-8-10-21(11-20)23-27-14-22(17(3)4)24(28-23)26-12-18-15-29(16-18)32(5,30)31/h6,8-11,13-14,18H,3,7,12,15-16H2,1-2,4-5H3,(H,26,27,28)/b19-6+,25-13?. The molecule has 0 atom stereocenters. The van der Waals surface area contributed by atoms with Crippen LogP contribution in [-0.4, -0.2) is 61.3 Å². The molecule has 1 saturated heterocycles. The second-order valence-electron chi connectivity index (χ2n) is 8.02. The predicted molar refractivity (Wildman–Crippen MR) is 133 cm³/mol. The molecular formula is C24H31N5O2S. The number of sulfonamides is 1. The molecule has 3 rings (SSSR count). The highest BCUT2D eigenvalue weighted by atomic mass is 32.2. The molecule has 1 N–H and O–H groups in total. The van der Waals surface area contributed by atoms with Gasteiger partial charge in [-0.25, -0.2) is 22.7 Å². The summed E-state index contributed by atoms with van der Waals surface area (Å²) in [5, 5.41) is 3.39. The van der Waals surface area contributed by atoms with Gasteiger partial charge in [0.2, 0.25) is 10.0 Å². The topological polar surface area (TPSA) is 87.6 Å². The Morgan fingerprint density at radius 2 is 2.12 bits per heavy atom. The molecule has 2 heterocycles. The van der Waals surface area contributed by atoms with Crippen molar-refractivity contribution in [2.24, 2.45) is 10.9 Å². The van der Waals surface area contributed by atoms with Crippen LogP contribution in [0.5, 0.6) is 0 Å². The first kappa shape index (κ1) is 23.8. The number of allylic oxidation sites excluding steroid dienone is 3. The lowest BCUT2D eigenvalue weighted by molar-refractivity contribution is 0.213. The first-order valence-corrected chi connectivity index (χ1v) is 12.6. The first-order chi connectivity index (χ1) is 15.2. The molecule has 0 radical (unpaired) electrons. The van der Waals surface area contributed by atoms with Crippen molar-refractivity contribution in [3.8, 4) is 11.4 Å². The van der Waals surface area contributed by atoms with Crippen LogP contribution < -0.4 is 5.32 Å². The molecule has 7 nitrogen and oxygen atoms in total. The van der Waals surface area contributed by atoms with E-state index in [0.29, 0.717) is 31.3 Å². The van der Waals surface area contributed by atoms with Crippen LogP contribution in [0.3, 0.4) is 0 Å². The van der Waals surface area contributed by atoms with Gasteiger partial charge < -0.3 is 5.32 Å². The third kappa shape index (κ3) is 5.69. The molecule has 2 aromatic rings. The van der Waals surface area contributed by atoms with Crippen molar-refractivity contribution in [2.45, 2.75) is 20.8 Å². The van der Waals surface area contributed by atoms with E-state index < -0.39 is 10.0 Å². The fraction of sp³-hybridized carbons (Fsp3) is 0.375. The van der Waals surface area contributed by atoms with Crippen molar-refractivity contribution < 1.29 is 8.42 Å². The molecule has 1 aliphatic rings. The Labute approximate surface area is 191 Å². The Morgan fingerprint density at radius 3 is 2.75 bits per heavy atom. The third-order valence-electron chi connectivity index (χ3n) is 5.38. The zero-order valence-corrected chi connectivity index (χ0v) is 20.0. The quantitative estimate of drug-likeness (QED) is 0.581. The summed E-state index contributed by atoms with van der Waals surface area (Å²) in [6.07, 6.45) is 6.95. The number of anilines is 1. The van der Waals surface area contributed by atoms with Crippen molar-refractivity contribution >= 4 is 33.2 Å². The molecule has 170 valence electrons. The molecule has 1 fully saturated rings. The van der Waals surface area contributed by atoms with Gasteiger partial charge in [-0.1, -0.05) is 30.9 Å². The van der Waals surface area contributed by atoms with Crippen LogP contribution >= 0.6 is 0 Å². The summed E-state index contributed by atoms with van der Waals surface area (Å²) in [4.78, 5) is 13.7. The van der Waals surface area contributed by atoms with Crippen molar-refractivity contribution in [1.82, 2.24) is 14.3 Å². The van der Waals surface area contributed by atoms with Gasteiger partial charge in [-0.2, -0.15) is 0 Å². The summed E-state index contributed by atoms with van der Waals surface area (Å²) in [5.41, 5.74) is 4.74. The molecule has 0 amide bonds. The summed E-state index contributed by atoms with van der Waals surface area (Å²) in [7, 11) is -3.11. The van der Waals surface area contributed by atoms with E-state index >= 15 is 0 Å². The zero-order valence-electron chi connectivity index (χ0n) is 19.2. The fourth-order valence-electron chi connectivity index (χ4n) is 3.47. The average Bonchev–Trinajstić information content (AvgIpc) is 2.72. The van der Waals surface area contributed by atoms with E-state index in [9.17, 15) is 8.42 Å². The minimum absolute atomic E-state index is 0.250. The van der Waals surface area contributed by atoms with Gasteiger partial charge in [-0.15, -0.1) is 0 Å². The molecule has 1 aliphatic heterocycles. The van der Waals surface area contributed by atoms with Crippen molar-refractivity contribution in [2.75, 3.05) is 37.8 Å². The molecule has 1 aromatic heterocycles.